The molecular formula is C16H29N3. The highest BCUT2D eigenvalue weighted by Crippen LogP contribution is 2.12. The Morgan fingerprint density at radius 1 is 1.05 bits per heavy atom. The van der Waals surface area contributed by atoms with E-state index in [1.54, 1.807) is 0 Å². The third-order valence-corrected chi connectivity index (χ3v) is 3.22. The van der Waals surface area contributed by atoms with Gasteiger partial charge >= 0.3 is 0 Å². The van der Waals surface area contributed by atoms with Crippen molar-refractivity contribution in [3.63, 3.8) is 0 Å². The van der Waals surface area contributed by atoms with Gasteiger partial charge in [0.05, 0.1) is 0 Å². The van der Waals surface area contributed by atoms with Crippen molar-refractivity contribution in [2.45, 2.75) is 26.9 Å². The average molecular weight is 263 g/mol. The van der Waals surface area contributed by atoms with Gasteiger partial charge in [0, 0.05) is 32.7 Å². The highest BCUT2D eigenvalue weighted by Gasteiger charge is 2.10. The fourth-order valence-corrected chi connectivity index (χ4v) is 2.24. The standard InChI is InChI=1S/C16H29N3/c1-14(2)12-19(10-9-18(3)4)13-16-8-6-5-7-15(16)11-17/h5-8,14H,9-13,17H2,1-4H3. The SMILES string of the molecule is CC(C)CN(CCN(C)C)Cc1ccccc1CN. The van der Waals surface area contributed by atoms with Crippen molar-refractivity contribution in [1.82, 2.24) is 9.80 Å². The first-order valence-electron chi connectivity index (χ1n) is 7.16. The number of nitrogens with two attached hydrogens (primary N) is 1. The Hall–Kier alpha value is -0.900. The van der Waals surface area contributed by atoms with E-state index >= 15 is 0 Å². The summed E-state index contributed by atoms with van der Waals surface area (Å²) in [4.78, 5) is 4.77. The van der Waals surface area contributed by atoms with Crippen LogP contribution in [0.2, 0.25) is 0 Å². The summed E-state index contributed by atoms with van der Waals surface area (Å²) in [7, 11) is 4.25. The maximum absolute atomic E-state index is 5.82. The van der Waals surface area contributed by atoms with Gasteiger partial charge in [-0.05, 0) is 31.1 Å². The van der Waals surface area contributed by atoms with Gasteiger partial charge in [0.1, 0.15) is 0 Å². The summed E-state index contributed by atoms with van der Waals surface area (Å²) in [6.07, 6.45) is 0. The number of likely N-dealkylation sites (N-methyl/N-ethyl adjacent to an activating group) is 1. The number of hydrogen-bond donors (Lipinski definition) is 1. The fourth-order valence-electron chi connectivity index (χ4n) is 2.24. The van der Waals surface area contributed by atoms with E-state index in [0.717, 1.165) is 26.2 Å². The first-order valence-corrected chi connectivity index (χ1v) is 7.16. The van der Waals surface area contributed by atoms with Crippen molar-refractivity contribution in [2.24, 2.45) is 11.7 Å². The summed E-state index contributed by atoms with van der Waals surface area (Å²) in [6, 6.07) is 8.51. The normalized spacial score (nSPS) is 11.8. The summed E-state index contributed by atoms with van der Waals surface area (Å²) < 4.78 is 0. The minimum absolute atomic E-state index is 0.624. The highest BCUT2D eigenvalue weighted by molar-refractivity contribution is 5.26. The quantitative estimate of drug-likeness (QED) is 0.780. The zero-order valence-corrected chi connectivity index (χ0v) is 12.9. The van der Waals surface area contributed by atoms with Gasteiger partial charge in [-0.2, -0.15) is 0 Å². The Labute approximate surface area is 118 Å². The monoisotopic (exact) mass is 263 g/mol. The molecule has 3 heteroatoms. The molecule has 0 aliphatic rings. The summed E-state index contributed by atoms with van der Waals surface area (Å²) in [5.74, 6) is 0.687. The van der Waals surface area contributed by atoms with Crippen LogP contribution in [0.25, 0.3) is 0 Å². The van der Waals surface area contributed by atoms with E-state index in [-0.39, 0.29) is 0 Å². The lowest BCUT2D eigenvalue weighted by Crippen LogP contribution is -2.34. The Balaban J connectivity index is 2.69. The Morgan fingerprint density at radius 3 is 2.21 bits per heavy atom. The van der Waals surface area contributed by atoms with Crippen molar-refractivity contribution in [3.8, 4) is 0 Å². The molecule has 0 radical (unpaired) electrons. The zero-order valence-electron chi connectivity index (χ0n) is 12.9. The molecule has 0 unspecified atom stereocenters. The lowest BCUT2D eigenvalue weighted by molar-refractivity contribution is 0.211. The molecule has 19 heavy (non-hydrogen) atoms. The number of rotatable bonds is 8. The number of hydrogen-bond acceptors (Lipinski definition) is 3. The van der Waals surface area contributed by atoms with Crippen molar-refractivity contribution < 1.29 is 0 Å². The van der Waals surface area contributed by atoms with Crippen LogP contribution in [0.15, 0.2) is 24.3 Å². The van der Waals surface area contributed by atoms with E-state index < -0.39 is 0 Å². The van der Waals surface area contributed by atoms with Crippen LogP contribution in [0.5, 0.6) is 0 Å². The molecule has 2 N–H and O–H groups in total. The highest BCUT2D eigenvalue weighted by atomic mass is 15.2. The minimum Gasteiger partial charge on any atom is -0.326 e. The topological polar surface area (TPSA) is 32.5 Å². The van der Waals surface area contributed by atoms with E-state index in [9.17, 15) is 0 Å². The summed E-state index contributed by atoms with van der Waals surface area (Å²) in [5.41, 5.74) is 8.45. The Kier molecular flexibility index (Phi) is 7.06. The molecular weight excluding hydrogens is 234 g/mol. The lowest BCUT2D eigenvalue weighted by Gasteiger charge is -2.26. The van der Waals surface area contributed by atoms with Gasteiger partial charge in [-0.15, -0.1) is 0 Å². The summed E-state index contributed by atoms with van der Waals surface area (Å²) in [5, 5.41) is 0. The molecule has 0 fully saturated rings. The number of benzene rings is 1. The molecule has 0 spiro atoms. The van der Waals surface area contributed by atoms with E-state index in [1.807, 2.05) is 0 Å². The molecule has 3 nitrogen and oxygen atoms in total. The second-order valence-electron chi connectivity index (χ2n) is 5.91. The zero-order chi connectivity index (χ0) is 14.3. The predicted molar refractivity (Wildman–Crippen MR) is 83.0 cm³/mol. The number of nitrogens with zero attached hydrogens (tertiary/aromatic N) is 2. The van der Waals surface area contributed by atoms with Crippen LogP contribution in [0.4, 0.5) is 0 Å². The van der Waals surface area contributed by atoms with Crippen molar-refractivity contribution in [3.05, 3.63) is 35.4 Å². The van der Waals surface area contributed by atoms with Crippen molar-refractivity contribution in [1.29, 1.82) is 0 Å². The van der Waals surface area contributed by atoms with Gasteiger partial charge in [-0.3, -0.25) is 4.90 Å². The van der Waals surface area contributed by atoms with Gasteiger partial charge in [-0.25, -0.2) is 0 Å². The molecule has 0 bridgehead atoms. The van der Waals surface area contributed by atoms with E-state index in [0.29, 0.717) is 12.5 Å². The summed E-state index contributed by atoms with van der Waals surface area (Å²) >= 11 is 0. The van der Waals surface area contributed by atoms with E-state index in [4.69, 9.17) is 5.73 Å². The van der Waals surface area contributed by atoms with E-state index in [1.165, 1.54) is 11.1 Å². The van der Waals surface area contributed by atoms with Crippen LogP contribution in [0, 0.1) is 5.92 Å². The fraction of sp³-hybridized carbons (Fsp3) is 0.625. The molecule has 1 rings (SSSR count). The molecule has 0 atom stereocenters. The molecule has 108 valence electrons. The Bertz CT molecular complexity index is 361. The molecule has 0 aliphatic heterocycles. The van der Waals surface area contributed by atoms with Gasteiger partial charge < -0.3 is 10.6 Å². The first kappa shape index (κ1) is 16.2. The molecule has 0 heterocycles. The smallest absolute Gasteiger partial charge is 0.0237 e. The molecule has 0 aliphatic carbocycles. The lowest BCUT2D eigenvalue weighted by atomic mass is 10.1. The van der Waals surface area contributed by atoms with E-state index in [2.05, 4.69) is 62.0 Å². The van der Waals surface area contributed by atoms with Crippen LogP contribution in [-0.4, -0.2) is 43.5 Å². The Morgan fingerprint density at radius 2 is 1.68 bits per heavy atom. The van der Waals surface area contributed by atoms with Gasteiger partial charge in [0.2, 0.25) is 0 Å². The molecule has 1 aromatic rings. The van der Waals surface area contributed by atoms with Crippen LogP contribution in [-0.2, 0) is 13.1 Å². The summed E-state index contributed by atoms with van der Waals surface area (Å²) in [6.45, 7) is 9.50. The van der Waals surface area contributed by atoms with Crippen molar-refractivity contribution in [2.75, 3.05) is 33.7 Å². The third-order valence-electron chi connectivity index (χ3n) is 3.22. The van der Waals surface area contributed by atoms with Gasteiger partial charge in [-0.1, -0.05) is 38.1 Å². The maximum atomic E-state index is 5.82. The maximum Gasteiger partial charge on any atom is 0.0237 e. The minimum atomic E-state index is 0.624. The van der Waals surface area contributed by atoms with Crippen LogP contribution in [0.3, 0.4) is 0 Å². The molecule has 0 saturated heterocycles. The van der Waals surface area contributed by atoms with Crippen molar-refractivity contribution >= 4 is 0 Å². The predicted octanol–water partition coefficient (Wildman–Crippen LogP) is 2.16. The van der Waals surface area contributed by atoms with Crippen LogP contribution >= 0.6 is 0 Å². The molecule has 0 saturated carbocycles. The largest absolute Gasteiger partial charge is 0.326 e. The first-order chi connectivity index (χ1) is 9.02. The van der Waals surface area contributed by atoms with Gasteiger partial charge in [0.25, 0.3) is 0 Å². The third kappa shape index (κ3) is 6.19. The second kappa shape index (κ2) is 8.31. The van der Waals surface area contributed by atoms with Gasteiger partial charge in [0.15, 0.2) is 0 Å². The average Bonchev–Trinajstić information content (AvgIpc) is 2.36. The van der Waals surface area contributed by atoms with Crippen LogP contribution < -0.4 is 5.73 Å². The molecule has 0 aromatic heterocycles. The molecule has 0 amide bonds. The second-order valence-corrected chi connectivity index (χ2v) is 5.91. The van der Waals surface area contributed by atoms with Crippen LogP contribution in [0.1, 0.15) is 25.0 Å². The molecule has 1 aromatic carbocycles.